The smallest absolute Gasteiger partial charge is 0.408 e. The number of hydrogen-bond donors (Lipinski definition) is 4. The van der Waals surface area contributed by atoms with E-state index in [1.54, 1.807) is 13.8 Å². The Labute approximate surface area is 207 Å². The molecule has 0 aliphatic heterocycles. The molecule has 9 nitrogen and oxygen atoms in total. The molecule has 3 amide bonds. The third-order valence-electron chi connectivity index (χ3n) is 5.03. The largest absolute Gasteiger partial charge is 0.445 e. The van der Waals surface area contributed by atoms with Crippen molar-refractivity contribution in [2.24, 2.45) is 23.3 Å². The zero-order valence-corrected chi connectivity index (χ0v) is 20.9. The number of nitrogens with one attached hydrogen (secondary N) is 2. The molecule has 6 N–H and O–H groups in total. The molecule has 0 bridgehead atoms. The summed E-state index contributed by atoms with van der Waals surface area (Å²) < 4.78 is 10.1. The third-order valence-corrected chi connectivity index (χ3v) is 5.03. The fourth-order valence-corrected chi connectivity index (χ4v) is 2.87. The number of carbonyl (C=O) groups is 3. The van der Waals surface area contributed by atoms with Crippen molar-refractivity contribution in [3.63, 3.8) is 0 Å². The highest BCUT2D eigenvalue weighted by Gasteiger charge is 2.22. The summed E-state index contributed by atoms with van der Waals surface area (Å²) in [5.41, 5.74) is 12.6. The van der Waals surface area contributed by atoms with Crippen LogP contribution >= 0.6 is 0 Å². The van der Waals surface area contributed by atoms with Gasteiger partial charge < -0.3 is 31.6 Å². The molecule has 0 saturated heterocycles. The van der Waals surface area contributed by atoms with Crippen LogP contribution in [0.3, 0.4) is 0 Å². The van der Waals surface area contributed by atoms with Crippen LogP contribution in [0.25, 0.3) is 0 Å². The second-order valence-electron chi connectivity index (χ2n) is 8.62. The Bertz CT molecular complexity index is 891. The fraction of sp³-hybridized carbons (Fsp3) is 0.423. The highest BCUT2D eigenvalue weighted by Crippen LogP contribution is 2.04. The number of rotatable bonds is 10. The quantitative estimate of drug-likeness (QED) is 0.405. The van der Waals surface area contributed by atoms with Crippen LogP contribution in [0.4, 0.5) is 9.59 Å². The van der Waals surface area contributed by atoms with Crippen molar-refractivity contribution in [2.45, 2.75) is 53.0 Å². The number of carbonyl (C=O) groups excluding carboxylic acids is 3. The summed E-state index contributed by atoms with van der Waals surface area (Å²) in [5.74, 6) is -0.349. The summed E-state index contributed by atoms with van der Waals surface area (Å²) in [5, 5.41) is 5.20. The van der Waals surface area contributed by atoms with Gasteiger partial charge in [0, 0.05) is 12.6 Å². The summed E-state index contributed by atoms with van der Waals surface area (Å²) in [6, 6.07) is 18.1. The lowest BCUT2D eigenvalue weighted by Gasteiger charge is -2.20. The van der Waals surface area contributed by atoms with Crippen molar-refractivity contribution in [3.05, 3.63) is 71.8 Å². The molecule has 0 aliphatic carbocycles. The Balaban J connectivity index is 0.000000351. The van der Waals surface area contributed by atoms with Crippen LogP contribution < -0.4 is 22.1 Å². The molecule has 0 aliphatic rings. The summed E-state index contributed by atoms with van der Waals surface area (Å²) in [6.45, 7) is 8.47. The lowest BCUT2D eigenvalue weighted by Crippen LogP contribution is -2.47. The maximum Gasteiger partial charge on any atom is 0.408 e. The predicted molar refractivity (Wildman–Crippen MR) is 135 cm³/mol. The van der Waals surface area contributed by atoms with E-state index in [2.05, 4.69) is 10.6 Å². The number of alkyl carbamates (subject to hydrolysis) is 2. The summed E-state index contributed by atoms with van der Waals surface area (Å²) >= 11 is 0. The molecule has 0 unspecified atom stereocenters. The molecule has 0 aromatic heterocycles. The number of hydrogen-bond acceptors (Lipinski definition) is 6. The molecular weight excluding hydrogens is 448 g/mol. The Morgan fingerprint density at radius 3 is 1.51 bits per heavy atom. The number of nitrogens with two attached hydrogens (primary N) is 2. The van der Waals surface area contributed by atoms with Crippen molar-refractivity contribution in [3.8, 4) is 0 Å². The molecule has 0 radical (unpaired) electrons. The first-order chi connectivity index (χ1) is 16.6. The van der Waals surface area contributed by atoms with Gasteiger partial charge in [0.05, 0.1) is 0 Å². The normalized spacial score (nSPS) is 12.1. The Morgan fingerprint density at radius 1 is 0.743 bits per heavy atom. The number of ether oxygens (including phenoxy) is 2. The zero-order valence-electron chi connectivity index (χ0n) is 20.9. The van der Waals surface area contributed by atoms with Crippen molar-refractivity contribution >= 4 is 18.1 Å². The van der Waals surface area contributed by atoms with Gasteiger partial charge in [0.25, 0.3) is 0 Å². The molecule has 35 heavy (non-hydrogen) atoms. The zero-order chi connectivity index (χ0) is 26.2. The van der Waals surface area contributed by atoms with Crippen LogP contribution in [0.15, 0.2) is 60.7 Å². The van der Waals surface area contributed by atoms with Gasteiger partial charge in [-0.3, -0.25) is 4.79 Å². The highest BCUT2D eigenvalue weighted by molar-refractivity contribution is 5.84. The monoisotopic (exact) mass is 486 g/mol. The molecule has 0 fully saturated rings. The first-order valence-corrected chi connectivity index (χ1v) is 11.6. The van der Waals surface area contributed by atoms with Crippen LogP contribution in [0.2, 0.25) is 0 Å². The van der Waals surface area contributed by atoms with Gasteiger partial charge in [-0.2, -0.15) is 0 Å². The SMILES string of the molecule is CC(C)[C@@H](CN)NC(=O)OCc1ccccc1.CC(C)[C@H](NC(=O)OCc1ccccc1)C(N)=O. The average molecular weight is 487 g/mol. The number of amides is 3. The molecule has 9 heteroatoms. The maximum absolute atomic E-state index is 11.5. The molecule has 2 aromatic carbocycles. The van der Waals surface area contributed by atoms with E-state index in [1.807, 2.05) is 74.5 Å². The van der Waals surface area contributed by atoms with Gasteiger partial charge >= 0.3 is 12.2 Å². The fourth-order valence-electron chi connectivity index (χ4n) is 2.87. The van der Waals surface area contributed by atoms with Gasteiger partial charge in [0.1, 0.15) is 19.3 Å². The summed E-state index contributed by atoms with van der Waals surface area (Å²) in [4.78, 5) is 34.1. The van der Waals surface area contributed by atoms with E-state index in [0.717, 1.165) is 11.1 Å². The van der Waals surface area contributed by atoms with Gasteiger partial charge in [-0.05, 0) is 23.0 Å². The van der Waals surface area contributed by atoms with Gasteiger partial charge in [0.15, 0.2) is 0 Å². The first-order valence-electron chi connectivity index (χ1n) is 11.6. The van der Waals surface area contributed by atoms with E-state index in [-0.39, 0.29) is 25.2 Å². The van der Waals surface area contributed by atoms with Crippen LogP contribution in [0.1, 0.15) is 38.8 Å². The van der Waals surface area contributed by atoms with E-state index in [4.69, 9.17) is 20.9 Å². The van der Waals surface area contributed by atoms with Gasteiger partial charge in [0.2, 0.25) is 5.91 Å². The van der Waals surface area contributed by atoms with Crippen LogP contribution in [-0.2, 0) is 27.5 Å². The molecule has 0 heterocycles. The summed E-state index contributed by atoms with van der Waals surface area (Å²) in [7, 11) is 0. The van der Waals surface area contributed by atoms with Gasteiger partial charge in [-0.15, -0.1) is 0 Å². The average Bonchev–Trinajstić information content (AvgIpc) is 2.84. The molecule has 2 atom stereocenters. The molecule has 2 rings (SSSR count). The third kappa shape index (κ3) is 12.4. The van der Waals surface area contributed by atoms with E-state index < -0.39 is 24.1 Å². The predicted octanol–water partition coefficient (Wildman–Crippen LogP) is 3.32. The molecule has 0 saturated carbocycles. The Kier molecular flexibility index (Phi) is 13.5. The van der Waals surface area contributed by atoms with Gasteiger partial charge in [-0.1, -0.05) is 88.4 Å². The standard InChI is InChI=1S/C13H18N2O3.C13H20N2O2/c1-9(2)11(12(14)16)15-13(17)18-8-10-6-4-3-5-7-10;1-10(2)12(8-14)15-13(16)17-9-11-6-4-3-5-7-11/h3-7,9,11H,8H2,1-2H3,(H2,14,16)(H,15,17);3-7,10,12H,8-9,14H2,1-2H3,(H,15,16)/t11-;12-/m01/s1. The Hall–Kier alpha value is -3.59. The van der Waals surface area contributed by atoms with E-state index in [1.165, 1.54) is 0 Å². The maximum atomic E-state index is 11.5. The molecule has 192 valence electrons. The van der Waals surface area contributed by atoms with Gasteiger partial charge in [-0.25, -0.2) is 9.59 Å². The molecular formula is C26H38N4O5. The van der Waals surface area contributed by atoms with E-state index in [9.17, 15) is 14.4 Å². The summed E-state index contributed by atoms with van der Waals surface area (Å²) in [6.07, 6.45) is -1.06. The van der Waals surface area contributed by atoms with Crippen LogP contribution in [-0.4, -0.2) is 36.7 Å². The Morgan fingerprint density at radius 2 is 1.17 bits per heavy atom. The number of primary amides is 1. The van der Waals surface area contributed by atoms with E-state index >= 15 is 0 Å². The minimum atomic E-state index is -0.715. The highest BCUT2D eigenvalue weighted by atomic mass is 16.6. The van der Waals surface area contributed by atoms with Crippen molar-refractivity contribution in [1.29, 1.82) is 0 Å². The topological polar surface area (TPSA) is 146 Å². The van der Waals surface area contributed by atoms with Crippen molar-refractivity contribution in [1.82, 2.24) is 10.6 Å². The minimum absolute atomic E-state index is 0.0433. The number of benzene rings is 2. The molecule has 0 spiro atoms. The minimum Gasteiger partial charge on any atom is -0.445 e. The lowest BCUT2D eigenvalue weighted by atomic mass is 10.0. The van der Waals surface area contributed by atoms with E-state index in [0.29, 0.717) is 12.5 Å². The first kappa shape index (κ1) is 29.4. The molecule has 2 aromatic rings. The van der Waals surface area contributed by atoms with Crippen molar-refractivity contribution in [2.75, 3.05) is 6.54 Å². The lowest BCUT2D eigenvalue weighted by molar-refractivity contribution is -0.120. The van der Waals surface area contributed by atoms with Crippen LogP contribution in [0, 0.1) is 11.8 Å². The van der Waals surface area contributed by atoms with Crippen molar-refractivity contribution < 1.29 is 23.9 Å². The second-order valence-corrected chi connectivity index (χ2v) is 8.62. The van der Waals surface area contributed by atoms with Crippen LogP contribution in [0.5, 0.6) is 0 Å². The second kappa shape index (κ2) is 16.1.